The van der Waals surface area contributed by atoms with Crippen molar-refractivity contribution in [3.05, 3.63) is 66.1 Å². The second-order valence-corrected chi connectivity index (χ2v) is 10.2. The number of nitrogens with zero attached hydrogens (tertiary/aromatic N) is 6. The fourth-order valence-corrected chi connectivity index (χ4v) is 5.57. The molecule has 3 atom stereocenters. The molecule has 5 rings (SSSR count). The van der Waals surface area contributed by atoms with E-state index in [2.05, 4.69) is 25.3 Å². The number of likely N-dealkylation sites (N-methyl/N-ethyl adjacent to an activating group) is 1. The van der Waals surface area contributed by atoms with Gasteiger partial charge in [-0.2, -0.15) is 9.61 Å². The highest BCUT2D eigenvalue weighted by Crippen LogP contribution is 2.33. The number of fused-ring (bicyclic) bond motifs is 1. The van der Waals surface area contributed by atoms with Crippen molar-refractivity contribution < 1.29 is 23.4 Å². The summed E-state index contributed by atoms with van der Waals surface area (Å²) in [6.07, 6.45) is 4.64. The first-order valence-electron chi connectivity index (χ1n) is 13.2. The van der Waals surface area contributed by atoms with Gasteiger partial charge in [-0.05, 0) is 48.2 Å². The third-order valence-corrected chi connectivity index (χ3v) is 7.40. The van der Waals surface area contributed by atoms with Crippen molar-refractivity contribution in [2.24, 2.45) is 11.7 Å². The minimum Gasteiger partial charge on any atom is -0.453 e. The molecule has 0 saturated carbocycles. The van der Waals surface area contributed by atoms with Gasteiger partial charge in [0.15, 0.2) is 0 Å². The third-order valence-electron chi connectivity index (χ3n) is 7.40. The van der Waals surface area contributed by atoms with Crippen LogP contribution >= 0.6 is 0 Å². The molecular formula is C28H32F2N8O3. The van der Waals surface area contributed by atoms with Crippen molar-refractivity contribution >= 4 is 28.9 Å². The first kappa shape index (κ1) is 28.2. The first-order chi connectivity index (χ1) is 19.7. The fourth-order valence-electron chi connectivity index (χ4n) is 5.57. The van der Waals surface area contributed by atoms with Crippen LogP contribution < -0.4 is 16.0 Å². The largest absolute Gasteiger partial charge is 0.453 e. The topological polar surface area (TPSA) is 134 Å². The molecule has 1 saturated heterocycles. The second kappa shape index (κ2) is 11.6. The van der Waals surface area contributed by atoms with Crippen molar-refractivity contribution in [2.75, 3.05) is 44.1 Å². The molecule has 4 aromatic rings. The lowest BCUT2D eigenvalue weighted by molar-refractivity contribution is 0.0906. The Kier molecular flexibility index (Phi) is 7.99. The number of carbonyl (C=O) groups excluding carboxylic acids is 1. The lowest BCUT2D eigenvalue weighted by Gasteiger charge is -2.45. The number of carbonyl (C=O) groups is 1. The first-order valence-corrected chi connectivity index (χ1v) is 13.2. The molecule has 4 N–H and O–H groups in total. The number of nitrogens with one attached hydrogen (secondary N) is 1. The van der Waals surface area contributed by atoms with Crippen molar-refractivity contribution in [1.29, 1.82) is 0 Å². The molecular weight excluding hydrogens is 534 g/mol. The van der Waals surface area contributed by atoms with Crippen molar-refractivity contribution in [3.8, 4) is 11.3 Å². The zero-order valence-corrected chi connectivity index (χ0v) is 23.0. The number of ether oxygens (including phenoxy) is 1. The van der Waals surface area contributed by atoms with Gasteiger partial charge in [-0.25, -0.2) is 18.6 Å². The van der Waals surface area contributed by atoms with Gasteiger partial charge in [0.1, 0.15) is 11.6 Å². The lowest BCUT2D eigenvalue weighted by Crippen LogP contribution is -2.62. The molecule has 1 amide bonds. The summed E-state index contributed by atoms with van der Waals surface area (Å²) in [6, 6.07) is 6.93. The summed E-state index contributed by atoms with van der Waals surface area (Å²) in [5.74, 6) is -1.17. The minimum absolute atomic E-state index is 0.0360. The molecule has 13 heteroatoms. The van der Waals surface area contributed by atoms with E-state index >= 15 is 0 Å². The van der Waals surface area contributed by atoms with Gasteiger partial charge in [-0.3, -0.25) is 4.98 Å². The van der Waals surface area contributed by atoms with E-state index in [0.29, 0.717) is 35.8 Å². The predicted octanol–water partition coefficient (Wildman–Crippen LogP) is 3.20. The van der Waals surface area contributed by atoms with Crippen LogP contribution in [0, 0.1) is 17.6 Å². The highest BCUT2D eigenvalue weighted by Gasteiger charge is 2.38. The number of aromatic nitrogens is 4. The molecule has 0 spiro atoms. The zero-order valence-electron chi connectivity index (χ0n) is 23.0. The average molecular weight is 567 g/mol. The van der Waals surface area contributed by atoms with Gasteiger partial charge in [0.05, 0.1) is 53.7 Å². The number of methoxy groups -OCH3 is 1. The number of amides is 1. The monoisotopic (exact) mass is 566 g/mol. The smallest absolute Gasteiger partial charge is 0.409 e. The molecule has 0 radical (unpaired) electrons. The van der Waals surface area contributed by atoms with Crippen LogP contribution in [0.5, 0.6) is 0 Å². The number of piperidine rings is 1. The van der Waals surface area contributed by atoms with Crippen molar-refractivity contribution in [1.82, 2.24) is 24.5 Å². The van der Waals surface area contributed by atoms with Gasteiger partial charge in [0.2, 0.25) is 5.95 Å². The van der Waals surface area contributed by atoms with Gasteiger partial charge >= 0.3 is 6.09 Å². The van der Waals surface area contributed by atoms with Crippen LogP contribution in [-0.2, 0) is 11.2 Å². The molecule has 41 heavy (non-hydrogen) atoms. The maximum atomic E-state index is 14.9. The Morgan fingerprint density at radius 1 is 1.22 bits per heavy atom. The maximum Gasteiger partial charge on any atom is 0.409 e. The van der Waals surface area contributed by atoms with Gasteiger partial charge in [0.25, 0.3) is 0 Å². The van der Waals surface area contributed by atoms with Crippen LogP contribution in [0.25, 0.3) is 16.8 Å². The summed E-state index contributed by atoms with van der Waals surface area (Å²) in [6.45, 7) is 2.92. The summed E-state index contributed by atoms with van der Waals surface area (Å²) in [5.41, 5.74) is 8.80. The number of aliphatic hydroxyl groups excluding tert-OH is 1. The van der Waals surface area contributed by atoms with Gasteiger partial charge < -0.3 is 30.7 Å². The van der Waals surface area contributed by atoms with Crippen LogP contribution in [0.4, 0.5) is 30.9 Å². The van der Waals surface area contributed by atoms with Gasteiger partial charge in [-0.15, -0.1) is 0 Å². The quantitative estimate of drug-likeness (QED) is 0.308. The van der Waals surface area contributed by atoms with E-state index in [1.54, 1.807) is 36.6 Å². The van der Waals surface area contributed by atoms with E-state index in [-0.39, 0.29) is 42.3 Å². The molecule has 0 bridgehead atoms. The summed E-state index contributed by atoms with van der Waals surface area (Å²) >= 11 is 0. The number of anilines is 3. The van der Waals surface area contributed by atoms with Gasteiger partial charge in [0, 0.05) is 39.0 Å². The number of pyridine rings is 1. The highest BCUT2D eigenvalue weighted by molar-refractivity contribution is 5.74. The molecule has 0 unspecified atom stereocenters. The summed E-state index contributed by atoms with van der Waals surface area (Å²) < 4.78 is 36.2. The van der Waals surface area contributed by atoms with Crippen LogP contribution in [0.15, 0.2) is 48.9 Å². The summed E-state index contributed by atoms with van der Waals surface area (Å²) in [4.78, 5) is 24.5. The standard InChI is InChI=1S/C28H32F2N8O3/c1-16-14-37(15-21(31)26(16)36(2)28(40)41-3)24-6-8-32-13-23(24)34-27-33-12-18-4-5-22(35-38(18)27)25-19(29)10-17(7-9-39)11-20(25)30/h4-6,8,10-13,16,21,26,39H,7,9,14-15,31H2,1-3H3,(H,33,34)/t16-,21+,26-/m0/s1. The summed E-state index contributed by atoms with van der Waals surface area (Å²) in [5, 5.41) is 16.9. The molecule has 1 aliphatic heterocycles. The number of benzene rings is 1. The molecule has 1 fully saturated rings. The van der Waals surface area contributed by atoms with E-state index in [4.69, 9.17) is 15.6 Å². The third kappa shape index (κ3) is 5.50. The molecule has 3 aromatic heterocycles. The maximum absolute atomic E-state index is 14.9. The predicted molar refractivity (Wildman–Crippen MR) is 150 cm³/mol. The van der Waals surface area contributed by atoms with E-state index in [1.165, 1.54) is 29.8 Å². The Hall–Kier alpha value is -4.36. The molecule has 1 aliphatic rings. The SMILES string of the molecule is COC(=O)N(C)[C@@H]1[C@H](N)CN(c2ccncc2Nc2ncc3ccc(-c4c(F)cc(CCO)cc4F)nn23)C[C@@H]1C. The fraction of sp³-hybridized carbons (Fsp3) is 0.357. The van der Waals surface area contributed by atoms with E-state index in [1.807, 2.05) is 13.0 Å². The van der Waals surface area contributed by atoms with Gasteiger partial charge in [-0.1, -0.05) is 6.92 Å². The number of imidazole rings is 1. The van der Waals surface area contributed by atoms with Crippen molar-refractivity contribution in [3.63, 3.8) is 0 Å². The number of nitrogens with two attached hydrogens (primary N) is 1. The number of aliphatic hydroxyl groups is 1. The summed E-state index contributed by atoms with van der Waals surface area (Å²) in [7, 11) is 3.03. The van der Waals surface area contributed by atoms with Crippen molar-refractivity contribution in [2.45, 2.75) is 25.4 Å². The Labute approximate surface area is 235 Å². The Bertz CT molecular complexity index is 1530. The van der Waals surface area contributed by atoms with E-state index in [9.17, 15) is 13.6 Å². The number of hydrogen-bond donors (Lipinski definition) is 3. The molecule has 0 aliphatic carbocycles. The molecule has 4 heterocycles. The minimum atomic E-state index is -0.767. The zero-order chi connectivity index (χ0) is 29.3. The number of hydrogen-bond acceptors (Lipinski definition) is 9. The molecule has 11 nitrogen and oxygen atoms in total. The molecule has 1 aromatic carbocycles. The lowest BCUT2D eigenvalue weighted by atomic mass is 9.89. The van der Waals surface area contributed by atoms with Crippen LogP contribution in [-0.4, -0.2) is 81.6 Å². The Balaban J connectivity index is 1.43. The van der Waals surface area contributed by atoms with Crippen LogP contribution in [0.2, 0.25) is 0 Å². The normalized spacial score (nSPS) is 18.9. The Morgan fingerprint density at radius 3 is 2.66 bits per heavy atom. The highest BCUT2D eigenvalue weighted by atomic mass is 19.1. The van der Waals surface area contributed by atoms with E-state index < -0.39 is 17.7 Å². The van der Waals surface area contributed by atoms with E-state index in [0.717, 1.165) is 5.69 Å². The number of rotatable bonds is 7. The number of halogens is 2. The second-order valence-electron chi connectivity index (χ2n) is 10.2. The molecule has 216 valence electrons. The Morgan fingerprint density at radius 2 is 1.98 bits per heavy atom. The average Bonchev–Trinajstić information content (AvgIpc) is 3.34. The van der Waals surface area contributed by atoms with Crippen LogP contribution in [0.3, 0.4) is 0 Å². The van der Waals surface area contributed by atoms with Crippen LogP contribution in [0.1, 0.15) is 12.5 Å².